The molecule has 1 saturated heterocycles. The molecule has 11 heavy (non-hydrogen) atoms. The molecule has 0 aromatic heterocycles. The molecule has 0 spiro atoms. The van der Waals surface area contributed by atoms with Gasteiger partial charge in [-0.15, -0.1) is 0 Å². The predicted octanol–water partition coefficient (Wildman–Crippen LogP) is -0.232. The molecule has 1 saturated carbocycles. The van der Waals surface area contributed by atoms with Crippen molar-refractivity contribution in [3.63, 3.8) is 0 Å². The Balaban J connectivity index is 2.01. The first kappa shape index (κ1) is 7.55. The fourth-order valence-corrected chi connectivity index (χ4v) is 3.83. The standard InChI is InChI=1S/C7H13NO2S/c8-7-3-6(7)5-1-2-11(9,10)4-5/h5-7H,1-4,8H2/t5?,6-,7+/m1/s1. The number of hydrogen-bond acceptors (Lipinski definition) is 3. The largest absolute Gasteiger partial charge is 0.327 e. The lowest BCUT2D eigenvalue weighted by molar-refractivity contribution is 0.507. The van der Waals surface area contributed by atoms with E-state index in [0.29, 0.717) is 29.4 Å². The molecule has 0 aromatic carbocycles. The first-order valence-corrected chi connectivity index (χ1v) is 5.87. The Morgan fingerprint density at radius 2 is 2.00 bits per heavy atom. The van der Waals surface area contributed by atoms with Gasteiger partial charge in [0.2, 0.25) is 0 Å². The number of rotatable bonds is 1. The molecule has 64 valence electrons. The molecule has 1 heterocycles. The van der Waals surface area contributed by atoms with Crippen molar-refractivity contribution in [3.05, 3.63) is 0 Å². The van der Waals surface area contributed by atoms with Gasteiger partial charge in [0.25, 0.3) is 0 Å². The van der Waals surface area contributed by atoms with Gasteiger partial charge >= 0.3 is 0 Å². The third-order valence-electron chi connectivity index (χ3n) is 2.76. The molecule has 0 aromatic rings. The van der Waals surface area contributed by atoms with Crippen molar-refractivity contribution in [2.24, 2.45) is 17.6 Å². The molecule has 1 unspecified atom stereocenters. The van der Waals surface area contributed by atoms with E-state index in [1.54, 1.807) is 0 Å². The van der Waals surface area contributed by atoms with Crippen molar-refractivity contribution in [1.82, 2.24) is 0 Å². The van der Waals surface area contributed by atoms with Crippen molar-refractivity contribution in [2.45, 2.75) is 18.9 Å². The summed E-state index contributed by atoms with van der Waals surface area (Å²) in [7, 11) is -2.68. The summed E-state index contributed by atoms with van der Waals surface area (Å²) in [4.78, 5) is 0. The third-order valence-corrected chi connectivity index (χ3v) is 4.56. The summed E-state index contributed by atoms with van der Waals surface area (Å²) in [6, 6.07) is 0.299. The molecule has 2 N–H and O–H groups in total. The quantitative estimate of drug-likeness (QED) is 0.598. The molecule has 2 fully saturated rings. The second-order valence-corrected chi connectivity index (χ2v) is 5.96. The summed E-state index contributed by atoms with van der Waals surface area (Å²) in [5.74, 6) is 1.69. The zero-order valence-corrected chi connectivity index (χ0v) is 7.18. The van der Waals surface area contributed by atoms with Crippen LogP contribution in [-0.2, 0) is 9.84 Å². The van der Waals surface area contributed by atoms with Gasteiger partial charge in [0.1, 0.15) is 0 Å². The van der Waals surface area contributed by atoms with E-state index in [0.717, 1.165) is 12.8 Å². The average molecular weight is 175 g/mol. The maximum absolute atomic E-state index is 11.0. The van der Waals surface area contributed by atoms with E-state index < -0.39 is 9.84 Å². The van der Waals surface area contributed by atoms with Gasteiger partial charge in [-0.2, -0.15) is 0 Å². The zero-order valence-electron chi connectivity index (χ0n) is 6.36. The van der Waals surface area contributed by atoms with Gasteiger partial charge < -0.3 is 5.73 Å². The smallest absolute Gasteiger partial charge is 0.150 e. The second-order valence-electron chi connectivity index (χ2n) is 3.73. The molecule has 0 radical (unpaired) electrons. The molecule has 2 rings (SSSR count). The highest BCUT2D eigenvalue weighted by molar-refractivity contribution is 7.91. The first-order valence-electron chi connectivity index (χ1n) is 4.04. The van der Waals surface area contributed by atoms with Gasteiger partial charge in [-0.1, -0.05) is 0 Å². The van der Waals surface area contributed by atoms with Crippen LogP contribution in [0.3, 0.4) is 0 Å². The van der Waals surface area contributed by atoms with Gasteiger partial charge in [0.15, 0.2) is 9.84 Å². The van der Waals surface area contributed by atoms with Gasteiger partial charge in [0, 0.05) is 6.04 Å². The summed E-state index contributed by atoms with van der Waals surface area (Å²) < 4.78 is 22.1. The molecule has 2 aliphatic rings. The summed E-state index contributed by atoms with van der Waals surface area (Å²) in [6.07, 6.45) is 1.89. The SMILES string of the molecule is N[C@H]1C[C@@H]1C1CCS(=O)(=O)C1. The highest BCUT2D eigenvalue weighted by Gasteiger charge is 2.44. The highest BCUT2D eigenvalue weighted by Crippen LogP contribution is 2.40. The molecular formula is C7H13NO2S. The van der Waals surface area contributed by atoms with Crippen LogP contribution in [0.15, 0.2) is 0 Å². The van der Waals surface area contributed by atoms with E-state index >= 15 is 0 Å². The van der Waals surface area contributed by atoms with Gasteiger partial charge in [0.05, 0.1) is 11.5 Å². The fourth-order valence-electron chi connectivity index (χ4n) is 1.94. The minimum Gasteiger partial charge on any atom is -0.327 e. The van der Waals surface area contributed by atoms with Crippen LogP contribution in [0, 0.1) is 11.8 Å². The van der Waals surface area contributed by atoms with Crippen LogP contribution < -0.4 is 5.73 Å². The summed E-state index contributed by atoms with van der Waals surface area (Å²) in [6.45, 7) is 0. The van der Waals surface area contributed by atoms with Crippen LogP contribution in [0.5, 0.6) is 0 Å². The van der Waals surface area contributed by atoms with Crippen LogP contribution in [-0.4, -0.2) is 26.0 Å². The molecule has 1 aliphatic carbocycles. The molecule has 3 nitrogen and oxygen atoms in total. The minimum absolute atomic E-state index is 0.299. The van der Waals surface area contributed by atoms with E-state index in [-0.39, 0.29) is 0 Å². The van der Waals surface area contributed by atoms with Crippen LogP contribution in [0.1, 0.15) is 12.8 Å². The van der Waals surface area contributed by atoms with Crippen molar-refractivity contribution >= 4 is 9.84 Å². The van der Waals surface area contributed by atoms with Crippen LogP contribution in [0.4, 0.5) is 0 Å². The topological polar surface area (TPSA) is 60.2 Å². The Bertz CT molecular complexity index is 260. The Morgan fingerprint density at radius 1 is 1.36 bits per heavy atom. The Labute approximate surface area is 66.9 Å². The van der Waals surface area contributed by atoms with Gasteiger partial charge in [-0.3, -0.25) is 0 Å². The molecule has 4 heteroatoms. The minimum atomic E-state index is -2.68. The number of sulfone groups is 1. The fraction of sp³-hybridized carbons (Fsp3) is 1.00. The first-order chi connectivity index (χ1) is 5.08. The third kappa shape index (κ3) is 1.42. The normalized spacial score (nSPS) is 47.5. The van der Waals surface area contributed by atoms with Crippen molar-refractivity contribution in [1.29, 1.82) is 0 Å². The molecule has 0 bridgehead atoms. The maximum Gasteiger partial charge on any atom is 0.150 e. The highest BCUT2D eigenvalue weighted by atomic mass is 32.2. The van der Waals surface area contributed by atoms with E-state index in [4.69, 9.17) is 5.73 Å². The Kier molecular flexibility index (Phi) is 1.51. The summed E-state index contributed by atoms with van der Waals surface area (Å²) >= 11 is 0. The number of hydrogen-bond donors (Lipinski definition) is 1. The van der Waals surface area contributed by atoms with Crippen molar-refractivity contribution in [2.75, 3.05) is 11.5 Å². The zero-order chi connectivity index (χ0) is 8.06. The van der Waals surface area contributed by atoms with Crippen LogP contribution in [0.25, 0.3) is 0 Å². The van der Waals surface area contributed by atoms with E-state index in [1.165, 1.54) is 0 Å². The van der Waals surface area contributed by atoms with Crippen molar-refractivity contribution in [3.8, 4) is 0 Å². The molecule has 0 amide bonds. The molecular weight excluding hydrogens is 162 g/mol. The lowest BCUT2D eigenvalue weighted by atomic mass is 10.0. The number of nitrogens with two attached hydrogens (primary N) is 1. The summed E-state index contributed by atoms with van der Waals surface area (Å²) in [5, 5.41) is 0. The average Bonchev–Trinajstić information content (AvgIpc) is 2.49. The monoisotopic (exact) mass is 175 g/mol. The molecule has 3 atom stereocenters. The van der Waals surface area contributed by atoms with Crippen LogP contribution in [0.2, 0.25) is 0 Å². The Morgan fingerprint density at radius 3 is 2.36 bits per heavy atom. The Hall–Kier alpha value is -0.0900. The van der Waals surface area contributed by atoms with E-state index in [9.17, 15) is 8.42 Å². The van der Waals surface area contributed by atoms with Gasteiger partial charge in [-0.05, 0) is 24.7 Å². The maximum atomic E-state index is 11.0. The van der Waals surface area contributed by atoms with Crippen LogP contribution >= 0.6 is 0 Å². The molecule has 1 aliphatic heterocycles. The lowest BCUT2D eigenvalue weighted by Crippen LogP contribution is -2.12. The predicted molar refractivity (Wildman–Crippen MR) is 42.8 cm³/mol. The van der Waals surface area contributed by atoms with E-state index in [1.807, 2.05) is 0 Å². The lowest BCUT2D eigenvalue weighted by Gasteiger charge is -2.02. The van der Waals surface area contributed by atoms with Crippen molar-refractivity contribution < 1.29 is 8.42 Å². The van der Waals surface area contributed by atoms with Gasteiger partial charge in [-0.25, -0.2) is 8.42 Å². The van der Waals surface area contributed by atoms with E-state index in [2.05, 4.69) is 0 Å². The summed E-state index contributed by atoms with van der Waals surface area (Å²) in [5.41, 5.74) is 5.64. The second kappa shape index (κ2) is 2.20.